The Morgan fingerprint density at radius 2 is 2.13 bits per heavy atom. The minimum atomic E-state index is -0.0744. The molecule has 1 heterocycles. The summed E-state index contributed by atoms with van der Waals surface area (Å²) in [6, 6.07) is 8.18. The zero-order valence-corrected chi connectivity index (χ0v) is 14.4. The van der Waals surface area contributed by atoms with Gasteiger partial charge in [0.25, 0.3) is 0 Å². The van der Waals surface area contributed by atoms with Gasteiger partial charge in [-0.3, -0.25) is 0 Å². The zero-order chi connectivity index (χ0) is 16.5. The Morgan fingerprint density at radius 3 is 2.78 bits per heavy atom. The SMILES string of the molecule is COCCCN(Cc1ccc(C)cc1)C(=O)NCc1cscn1. The standard InChI is InChI=1S/C17H23N3O2S/c1-14-4-6-15(7-5-14)11-20(8-3-9-22-2)17(21)18-10-16-12-23-13-19-16/h4-7,12-13H,3,8-11H2,1-2H3,(H,18,21). The van der Waals surface area contributed by atoms with E-state index in [9.17, 15) is 4.79 Å². The van der Waals surface area contributed by atoms with E-state index in [0.717, 1.165) is 17.7 Å². The van der Waals surface area contributed by atoms with Crippen molar-refractivity contribution in [1.82, 2.24) is 15.2 Å². The van der Waals surface area contributed by atoms with Crippen LogP contribution in [-0.4, -0.2) is 36.2 Å². The van der Waals surface area contributed by atoms with Crippen LogP contribution in [0.25, 0.3) is 0 Å². The van der Waals surface area contributed by atoms with Crippen LogP contribution < -0.4 is 5.32 Å². The smallest absolute Gasteiger partial charge is 0.318 e. The van der Waals surface area contributed by atoms with Crippen LogP contribution in [0.1, 0.15) is 23.2 Å². The molecule has 0 aliphatic carbocycles. The van der Waals surface area contributed by atoms with E-state index in [1.165, 1.54) is 16.9 Å². The molecule has 6 heteroatoms. The number of aryl methyl sites for hydroxylation is 1. The van der Waals surface area contributed by atoms with Gasteiger partial charge in [0.15, 0.2) is 0 Å². The van der Waals surface area contributed by atoms with Crippen LogP contribution in [-0.2, 0) is 17.8 Å². The number of carbonyl (C=O) groups is 1. The van der Waals surface area contributed by atoms with Gasteiger partial charge in [-0.05, 0) is 18.9 Å². The van der Waals surface area contributed by atoms with Gasteiger partial charge >= 0.3 is 6.03 Å². The first-order valence-corrected chi connectivity index (χ1v) is 8.57. The fraction of sp³-hybridized carbons (Fsp3) is 0.412. The fourth-order valence-electron chi connectivity index (χ4n) is 2.17. The van der Waals surface area contributed by atoms with Crippen molar-refractivity contribution in [3.63, 3.8) is 0 Å². The number of aromatic nitrogens is 1. The molecule has 2 amide bonds. The third-order valence-electron chi connectivity index (χ3n) is 3.46. The van der Waals surface area contributed by atoms with Gasteiger partial charge in [-0.1, -0.05) is 29.8 Å². The van der Waals surface area contributed by atoms with Gasteiger partial charge in [0.2, 0.25) is 0 Å². The van der Waals surface area contributed by atoms with Gasteiger partial charge in [0.1, 0.15) is 0 Å². The number of thiazole rings is 1. The quantitative estimate of drug-likeness (QED) is 0.755. The Kier molecular flexibility index (Phi) is 7.03. The van der Waals surface area contributed by atoms with Crippen molar-refractivity contribution < 1.29 is 9.53 Å². The average molecular weight is 333 g/mol. The maximum absolute atomic E-state index is 12.5. The van der Waals surface area contributed by atoms with E-state index in [-0.39, 0.29) is 6.03 Å². The van der Waals surface area contributed by atoms with E-state index in [0.29, 0.717) is 26.2 Å². The van der Waals surface area contributed by atoms with Gasteiger partial charge in [0.05, 0.1) is 17.7 Å². The maximum Gasteiger partial charge on any atom is 0.318 e. The number of hydrogen-bond donors (Lipinski definition) is 1. The number of urea groups is 1. The van der Waals surface area contributed by atoms with Crippen LogP contribution in [0.4, 0.5) is 4.79 Å². The molecule has 0 fully saturated rings. The highest BCUT2D eigenvalue weighted by atomic mass is 32.1. The second-order valence-electron chi connectivity index (χ2n) is 5.39. The van der Waals surface area contributed by atoms with Crippen LogP contribution in [0.3, 0.4) is 0 Å². The lowest BCUT2D eigenvalue weighted by Gasteiger charge is -2.23. The summed E-state index contributed by atoms with van der Waals surface area (Å²) in [5.41, 5.74) is 4.99. The van der Waals surface area contributed by atoms with Gasteiger partial charge in [-0.2, -0.15) is 0 Å². The Morgan fingerprint density at radius 1 is 1.35 bits per heavy atom. The number of methoxy groups -OCH3 is 1. The fourth-order valence-corrected chi connectivity index (χ4v) is 2.73. The van der Waals surface area contributed by atoms with E-state index in [2.05, 4.69) is 41.5 Å². The zero-order valence-electron chi connectivity index (χ0n) is 13.6. The van der Waals surface area contributed by atoms with Crippen LogP contribution in [0, 0.1) is 6.92 Å². The lowest BCUT2D eigenvalue weighted by molar-refractivity contribution is 0.165. The highest BCUT2D eigenvalue weighted by Crippen LogP contribution is 2.08. The third-order valence-corrected chi connectivity index (χ3v) is 4.10. The molecule has 1 aromatic carbocycles. The summed E-state index contributed by atoms with van der Waals surface area (Å²) in [7, 11) is 1.67. The Labute approximate surface area is 141 Å². The van der Waals surface area contributed by atoms with E-state index in [4.69, 9.17) is 4.74 Å². The lowest BCUT2D eigenvalue weighted by Crippen LogP contribution is -2.40. The first kappa shape index (κ1) is 17.4. The molecule has 0 radical (unpaired) electrons. The summed E-state index contributed by atoms with van der Waals surface area (Å²) in [6.07, 6.45) is 0.812. The van der Waals surface area contributed by atoms with Crippen LogP contribution in [0.2, 0.25) is 0 Å². The Balaban J connectivity index is 1.94. The van der Waals surface area contributed by atoms with Crippen molar-refractivity contribution in [2.75, 3.05) is 20.3 Å². The van der Waals surface area contributed by atoms with Gasteiger partial charge in [0, 0.05) is 32.2 Å². The van der Waals surface area contributed by atoms with Crippen molar-refractivity contribution in [1.29, 1.82) is 0 Å². The Hall–Kier alpha value is -1.92. The number of hydrogen-bond acceptors (Lipinski definition) is 4. The minimum absolute atomic E-state index is 0.0744. The largest absolute Gasteiger partial charge is 0.385 e. The maximum atomic E-state index is 12.5. The molecule has 0 saturated carbocycles. The van der Waals surface area contributed by atoms with Crippen LogP contribution in [0.15, 0.2) is 35.2 Å². The molecule has 0 bridgehead atoms. The number of ether oxygens (including phenoxy) is 1. The van der Waals surface area contributed by atoms with Crippen LogP contribution >= 0.6 is 11.3 Å². The van der Waals surface area contributed by atoms with Crippen molar-refractivity contribution >= 4 is 17.4 Å². The molecule has 0 aliphatic heterocycles. The van der Waals surface area contributed by atoms with E-state index in [1.807, 2.05) is 10.3 Å². The molecular formula is C17H23N3O2S. The van der Waals surface area contributed by atoms with Crippen molar-refractivity contribution in [2.45, 2.75) is 26.4 Å². The molecule has 1 aromatic heterocycles. The van der Waals surface area contributed by atoms with E-state index < -0.39 is 0 Å². The molecule has 0 spiro atoms. The molecule has 1 N–H and O–H groups in total. The summed E-state index contributed by atoms with van der Waals surface area (Å²) in [5, 5.41) is 4.87. The molecule has 0 aliphatic rings. The summed E-state index contributed by atoms with van der Waals surface area (Å²) < 4.78 is 5.09. The highest BCUT2D eigenvalue weighted by Gasteiger charge is 2.13. The van der Waals surface area contributed by atoms with Gasteiger partial charge in [-0.25, -0.2) is 9.78 Å². The highest BCUT2D eigenvalue weighted by molar-refractivity contribution is 7.07. The summed E-state index contributed by atoms with van der Waals surface area (Å²) in [4.78, 5) is 18.5. The first-order chi connectivity index (χ1) is 11.2. The molecular weight excluding hydrogens is 310 g/mol. The van der Waals surface area contributed by atoms with E-state index in [1.54, 1.807) is 12.6 Å². The molecule has 0 saturated heterocycles. The molecule has 2 rings (SSSR count). The minimum Gasteiger partial charge on any atom is -0.385 e. The van der Waals surface area contributed by atoms with Crippen molar-refractivity contribution in [2.24, 2.45) is 0 Å². The second kappa shape index (κ2) is 9.27. The Bertz CT molecular complexity index is 584. The molecule has 2 aromatic rings. The number of carbonyl (C=O) groups excluding carboxylic acids is 1. The lowest BCUT2D eigenvalue weighted by atomic mass is 10.1. The number of nitrogens with zero attached hydrogens (tertiary/aromatic N) is 2. The summed E-state index contributed by atoms with van der Waals surface area (Å²) in [6.45, 7) is 4.40. The van der Waals surface area contributed by atoms with Crippen molar-refractivity contribution in [3.05, 3.63) is 52.0 Å². The number of amides is 2. The normalized spacial score (nSPS) is 10.5. The van der Waals surface area contributed by atoms with Crippen molar-refractivity contribution in [3.8, 4) is 0 Å². The second-order valence-corrected chi connectivity index (χ2v) is 6.11. The summed E-state index contributed by atoms with van der Waals surface area (Å²) >= 11 is 1.53. The van der Waals surface area contributed by atoms with E-state index >= 15 is 0 Å². The molecule has 124 valence electrons. The molecule has 5 nitrogen and oxygen atoms in total. The third kappa shape index (κ3) is 6.00. The molecule has 0 unspecified atom stereocenters. The first-order valence-electron chi connectivity index (χ1n) is 7.63. The monoisotopic (exact) mass is 333 g/mol. The summed E-state index contributed by atoms with van der Waals surface area (Å²) in [5.74, 6) is 0. The van der Waals surface area contributed by atoms with Crippen LogP contribution in [0.5, 0.6) is 0 Å². The number of rotatable bonds is 8. The average Bonchev–Trinajstić information content (AvgIpc) is 3.07. The molecule has 0 atom stereocenters. The van der Waals surface area contributed by atoms with Gasteiger partial charge < -0.3 is 15.0 Å². The topological polar surface area (TPSA) is 54.5 Å². The van der Waals surface area contributed by atoms with Gasteiger partial charge in [-0.15, -0.1) is 11.3 Å². The molecule has 23 heavy (non-hydrogen) atoms. The predicted molar refractivity (Wildman–Crippen MR) is 92.4 cm³/mol. The number of benzene rings is 1. The number of nitrogens with one attached hydrogen (secondary N) is 1. The predicted octanol–water partition coefficient (Wildman–Crippen LogP) is 3.20.